The quantitative estimate of drug-likeness (QED) is 0.213. The van der Waals surface area contributed by atoms with Crippen LogP contribution in [0.4, 0.5) is 0 Å². The Morgan fingerprint density at radius 3 is 1.90 bits per heavy atom. The van der Waals surface area contributed by atoms with Crippen LogP contribution in [0.15, 0.2) is 30.3 Å². The molecule has 0 saturated heterocycles. The Bertz CT molecular complexity index is 723. The van der Waals surface area contributed by atoms with Crippen molar-refractivity contribution < 1.29 is 9.47 Å². The molecule has 0 radical (unpaired) electrons. The van der Waals surface area contributed by atoms with Crippen LogP contribution in [0.25, 0.3) is 10.8 Å². The second-order valence-electron chi connectivity index (χ2n) is 8.59. The van der Waals surface area contributed by atoms with Crippen LogP contribution >= 0.6 is 11.8 Å². The fourth-order valence-electron chi connectivity index (χ4n) is 4.00. The number of hydrogen-bond donors (Lipinski definition) is 0. The topological polar surface area (TPSA) is 18.5 Å². The number of benzene rings is 2. The first-order chi connectivity index (χ1) is 15.3. The van der Waals surface area contributed by atoms with E-state index in [1.807, 2.05) is 11.8 Å². The number of thioether (sulfide) groups is 1. The average molecular weight is 445 g/mol. The maximum atomic E-state index is 6.24. The smallest absolute Gasteiger partial charge is 0.123 e. The van der Waals surface area contributed by atoms with Crippen molar-refractivity contribution in [2.45, 2.75) is 96.7 Å². The van der Waals surface area contributed by atoms with Gasteiger partial charge in [-0.3, -0.25) is 0 Å². The zero-order valence-corrected chi connectivity index (χ0v) is 21.0. The molecule has 2 nitrogen and oxygen atoms in total. The van der Waals surface area contributed by atoms with Gasteiger partial charge in [0.05, 0.1) is 13.2 Å². The molecule has 2 aromatic carbocycles. The van der Waals surface area contributed by atoms with Gasteiger partial charge in [0.25, 0.3) is 0 Å². The molecule has 0 aliphatic carbocycles. The molecule has 0 amide bonds. The maximum absolute atomic E-state index is 6.24. The fourth-order valence-corrected chi connectivity index (χ4v) is 4.58. The Hall–Kier alpha value is -1.35. The van der Waals surface area contributed by atoms with E-state index < -0.39 is 0 Å². The minimum atomic E-state index is 0.809. The summed E-state index contributed by atoms with van der Waals surface area (Å²) in [5.74, 6) is 2.99. The molecule has 31 heavy (non-hydrogen) atoms. The summed E-state index contributed by atoms with van der Waals surface area (Å²) in [6.45, 7) is 6.15. The fraction of sp³-hybridized carbons (Fsp3) is 0.643. The molecule has 0 bridgehead atoms. The van der Waals surface area contributed by atoms with Crippen molar-refractivity contribution in [3.8, 4) is 11.5 Å². The predicted octanol–water partition coefficient (Wildman–Crippen LogP) is 9.18. The molecule has 3 heteroatoms. The largest absolute Gasteiger partial charge is 0.494 e. The zero-order valence-electron chi connectivity index (χ0n) is 20.2. The van der Waals surface area contributed by atoms with Crippen molar-refractivity contribution >= 4 is 22.5 Å². The lowest BCUT2D eigenvalue weighted by Crippen LogP contribution is -2.01. The zero-order chi connectivity index (χ0) is 22.2. The highest BCUT2D eigenvalue weighted by atomic mass is 32.2. The molecule has 174 valence electrons. The first-order valence-electron chi connectivity index (χ1n) is 12.6. The van der Waals surface area contributed by atoms with Crippen molar-refractivity contribution in [2.75, 3.05) is 19.5 Å². The van der Waals surface area contributed by atoms with Crippen LogP contribution in [0, 0.1) is 0 Å². The highest BCUT2D eigenvalue weighted by Gasteiger charge is 2.10. The van der Waals surface area contributed by atoms with E-state index in [2.05, 4.69) is 50.4 Å². The standard InChI is InChI=1S/C28H44O2S/c1-4-6-8-10-12-14-20-29-25-18-16-24-17-19-28(27(23-31-3)26(24)22-25)30-21-15-13-11-9-7-5-2/h16-19,22H,4-15,20-21,23H2,1-3H3. The summed E-state index contributed by atoms with van der Waals surface area (Å²) in [4.78, 5) is 0. The summed E-state index contributed by atoms with van der Waals surface area (Å²) in [5.41, 5.74) is 1.31. The van der Waals surface area contributed by atoms with Gasteiger partial charge in [-0.15, -0.1) is 0 Å². The van der Waals surface area contributed by atoms with Gasteiger partial charge in [0.2, 0.25) is 0 Å². The Labute approximate surface area is 195 Å². The average Bonchev–Trinajstić information content (AvgIpc) is 2.79. The van der Waals surface area contributed by atoms with Crippen LogP contribution in [0.5, 0.6) is 11.5 Å². The minimum Gasteiger partial charge on any atom is -0.494 e. The van der Waals surface area contributed by atoms with Gasteiger partial charge in [-0.25, -0.2) is 0 Å². The van der Waals surface area contributed by atoms with E-state index in [9.17, 15) is 0 Å². The van der Waals surface area contributed by atoms with Crippen LogP contribution in [0.1, 0.15) is 96.5 Å². The lowest BCUT2D eigenvalue weighted by molar-refractivity contribution is 0.302. The highest BCUT2D eigenvalue weighted by Crippen LogP contribution is 2.33. The third-order valence-electron chi connectivity index (χ3n) is 5.87. The van der Waals surface area contributed by atoms with Gasteiger partial charge >= 0.3 is 0 Å². The van der Waals surface area contributed by atoms with Crippen molar-refractivity contribution in [1.29, 1.82) is 0 Å². The summed E-state index contributed by atoms with van der Waals surface area (Å²) < 4.78 is 12.3. The van der Waals surface area contributed by atoms with Crippen LogP contribution in [0.2, 0.25) is 0 Å². The van der Waals surface area contributed by atoms with E-state index in [4.69, 9.17) is 9.47 Å². The molecule has 2 rings (SSSR count). The van der Waals surface area contributed by atoms with E-state index in [1.54, 1.807) is 0 Å². The molecule has 0 saturated carbocycles. The van der Waals surface area contributed by atoms with Crippen LogP contribution < -0.4 is 9.47 Å². The number of ether oxygens (including phenoxy) is 2. The normalized spacial score (nSPS) is 11.2. The minimum absolute atomic E-state index is 0.809. The number of rotatable bonds is 18. The van der Waals surface area contributed by atoms with Crippen LogP contribution in [-0.4, -0.2) is 19.5 Å². The Balaban J connectivity index is 1.92. The summed E-state index contributed by atoms with van der Waals surface area (Å²) in [6.07, 6.45) is 17.6. The molecule has 0 atom stereocenters. The van der Waals surface area contributed by atoms with E-state index in [0.717, 1.165) is 43.3 Å². The molecule has 0 unspecified atom stereocenters. The summed E-state index contributed by atoms with van der Waals surface area (Å²) in [6, 6.07) is 10.9. The van der Waals surface area contributed by atoms with Crippen molar-refractivity contribution in [3.05, 3.63) is 35.9 Å². The summed E-state index contributed by atoms with van der Waals surface area (Å²) >= 11 is 1.85. The van der Waals surface area contributed by atoms with Crippen molar-refractivity contribution in [3.63, 3.8) is 0 Å². The van der Waals surface area contributed by atoms with Crippen LogP contribution in [-0.2, 0) is 5.75 Å². The SMILES string of the molecule is CCCCCCCCOc1ccc2ccc(OCCCCCCCC)c(CSC)c2c1. The highest BCUT2D eigenvalue weighted by molar-refractivity contribution is 7.97. The maximum Gasteiger partial charge on any atom is 0.123 e. The third-order valence-corrected chi connectivity index (χ3v) is 6.45. The van der Waals surface area contributed by atoms with Gasteiger partial charge in [-0.2, -0.15) is 11.8 Å². The lowest BCUT2D eigenvalue weighted by atomic mass is 10.0. The molecular weight excluding hydrogens is 400 g/mol. The van der Waals surface area contributed by atoms with Crippen LogP contribution in [0.3, 0.4) is 0 Å². The predicted molar refractivity (Wildman–Crippen MR) is 139 cm³/mol. The molecule has 0 aliphatic heterocycles. The van der Waals surface area contributed by atoms with Gasteiger partial charge in [0.15, 0.2) is 0 Å². The van der Waals surface area contributed by atoms with Crippen molar-refractivity contribution in [2.24, 2.45) is 0 Å². The third kappa shape index (κ3) is 9.76. The molecule has 0 aliphatic rings. The molecule has 0 fully saturated rings. The van der Waals surface area contributed by atoms with E-state index in [0.29, 0.717) is 0 Å². The van der Waals surface area contributed by atoms with E-state index in [-0.39, 0.29) is 0 Å². The van der Waals surface area contributed by atoms with Gasteiger partial charge in [-0.05, 0) is 48.1 Å². The second kappa shape index (κ2) is 16.3. The molecule has 0 N–H and O–H groups in total. The molecule has 2 aromatic rings. The van der Waals surface area contributed by atoms with E-state index in [1.165, 1.54) is 80.5 Å². The van der Waals surface area contributed by atoms with E-state index >= 15 is 0 Å². The monoisotopic (exact) mass is 444 g/mol. The number of fused-ring (bicyclic) bond motifs is 1. The number of hydrogen-bond acceptors (Lipinski definition) is 3. The van der Waals surface area contributed by atoms with Gasteiger partial charge in [0, 0.05) is 11.3 Å². The molecular formula is C28H44O2S. The molecule has 0 aromatic heterocycles. The lowest BCUT2D eigenvalue weighted by Gasteiger charge is -2.15. The Morgan fingerprint density at radius 2 is 1.26 bits per heavy atom. The first-order valence-corrected chi connectivity index (χ1v) is 14.0. The van der Waals surface area contributed by atoms with Gasteiger partial charge in [-0.1, -0.05) is 90.2 Å². The Kier molecular flexibility index (Phi) is 13.6. The van der Waals surface area contributed by atoms with Gasteiger partial charge in [0.1, 0.15) is 11.5 Å². The second-order valence-corrected chi connectivity index (χ2v) is 9.46. The number of unbranched alkanes of at least 4 members (excludes halogenated alkanes) is 10. The van der Waals surface area contributed by atoms with Gasteiger partial charge < -0.3 is 9.47 Å². The molecule has 0 heterocycles. The van der Waals surface area contributed by atoms with Crippen molar-refractivity contribution in [1.82, 2.24) is 0 Å². The first kappa shape index (κ1) is 25.9. The summed E-state index contributed by atoms with van der Waals surface area (Å²) in [7, 11) is 0. The summed E-state index contributed by atoms with van der Waals surface area (Å²) in [5, 5.41) is 2.54. The Morgan fingerprint density at radius 1 is 0.677 bits per heavy atom. The molecule has 0 spiro atoms.